The first-order chi connectivity index (χ1) is 11.0. The second-order valence-corrected chi connectivity index (χ2v) is 5.70. The second kappa shape index (κ2) is 10.6. The van der Waals surface area contributed by atoms with Crippen molar-refractivity contribution in [3.05, 3.63) is 24.3 Å². The smallest absolute Gasteiger partial charge is 0.257 e. The molecule has 0 fully saturated rings. The average Bonchev–Trinajstić information content (AvgIpc) is 2.55. The maximum atomic E-state index is 11.8. The number of quaternary nitrogens is 1. The van der Waals surface area contributed by atoms with Gasteiger partial charge in [0.2, 0.25) is 0 Å². The lowest BCUT2D eigenvalue weighted by Crippen LogP contribution is -3.05. The average molecular weight is 340 g/mol. The molecule has 8 heteroatoms. The van der Waals surface area contributed by atoms with Gasteiger partial charge in [0.1, 0.15) is 5.75 Å². The quantitative estimate of drug-likeness (QED) is 0.241. The lowest BCUT2D eigenvalue weighted by atomic mass is 10.3. The summed E-state index contributed by atoms with van der Waals surface area (Å²) in [4.78, 5) is 13.2. The van der Waals surface area contributed by atoms with Gasteiger partial charge in [0, 0.05) is 13.0 Å². The summed E-state index contributed by atoms with van der Waals surface area (Å²) in [6.07, 6.45) is 1.01. The van der Waals surface area contributed by atoms with Gasteiger partial charge in [-0.25, -0.2) is 0 Å². The number of para-hydroxylation sites is 2. The third-order valence-corrected chi connectivity index (χ3v) is 3.25. The van der Waals surface area contributed by atoms with Crippen LogP contribution in [0.2, 0.25) is 0 Å². The van der Waals surface area contributed by atoms with Crippen LogP contribution in [0.25, 0.3) is 0 Å². The number of carbonyl (C=O) groups is 1. The highest BCUT2D eigenvalue weighted by molar-refractivity contribution is 7.80. The SMILES string of the molecule is COc1ccccc1NCC(=O)NNC(=S)NCCC[NH+](C)C. The van der Waals surface area contributed by atoms with Crippen LogP contribution in [0.15, 0.2) is 24.3 Å². The number of hydrazine groups is 1. The molecule has 0 aliphatic rings. The summed E-state index contributed by atoms with van der Waals surface area (Å²) in [5, 5.41) is 6.45. The van der Waals surface area contributed by atoms with Gasteiger partial charge < -0.3 is 20.3 Å². The second-order valence-electron chi connectivity index (χ2n) is 5.29. The molecule has 1 aromatic carbocycles. The Morgan fingerprint density at radius 1 is 1.26 bits per heavy atom. The maximum absolute atomic E-state index is 11.8. The lowest BCUT2D eigenvalue weighted by molar-refractivity contribution is -0.858. The lowest BCUT2D eigenvalue weighted by Gasteiger charge is -2.13. The number of rotatable bonds is 8. The molecule has 0 bridgehead atoms. The fraction of sp³-hybridized carbons (Fsp3) is 0.467. The van der Waals surface area contributed by atoms with Crippen LogP contribution in [0.3, 0.4) is 0 Å². The third kappa shape index (κ3) is 8.22. The van der Waals surface area contributed by atoms with E-state index in [9.17, 15) is 4.79 Å². The van der Waals surface area contributed by atoms with Crippen LogP contribution in [0.1, 0.15) is 6.42 Å². The van der Waals surface area contributed by atoms with Crippen LogP contribution >= 0.6 is 12.2 Å². The van der Waals surface area contributed by atoms with Crippen molar-refractivity contribution >= 4 is 28.9 Å². The molecular weight excluding hydrogens is 314 g/mol. The zero-order valence-electron chi connectivity index (χ0n) is 13.9. The van der Waals surface area contributed by atoms with E-state index < -0.39 is 0 Å². The number of nitrogens with one attached hydrogen (secondary N) is 5. The van der Waals surface area contributed by atoms with Gasteiger partial charge >= 0.3 is 0 Å². The normalized spacial score (nSPS) is 10.1. The van der Waals surface area contributed by atoms with Crippen LogP contribution < -0.4 is 31.1 Å². The number of amides is 1. The predicted molar refractivity (Wildman–Crippen MR) is 95.7 cm³/mol. The molecule has 7 nitrogen and oxygen atoms in total. The molecule has 0 unspecified atom stereocenters. The summed E-state index contributed by atoms with van der Waals surface area (Å²) in [7, 11) is 5.79. The van der Waals surface area contributed by atoms with Crippen LogP contribution in [-0.4, -0.2) is 51.9 Å². The van der Waals surface area contributed by atoms with E-state index in [4.69, 9.17) is 17.0 Å². The number of hydrogen-bond donors (Lipinski definition) is 5. The first-order valence-corrected chi connectivity index (χ1v) is 7.92. The van der Waals surface area contributed by atoms with E-state index in [0.29, 0.717) is 10.9 Å². The van der Waals surface area contributed by atoms with Gasteiger partial charge in [-0.1, -0.05) is 12.1 Å². The van der Waals surface area contributed by atoms with E-state index in [1.165, 1.54) is 4.90 Å². The molecular formula is C15H26N5O2S+. The van der Waals surface area contributed by atoms with Gasteiger partial charge in [0.15, 0.2) is 5.11 Å². The Morgan fingerprint density at radius 2 is 2.00 bits per heavy atom. The first-order valence-electron chi connectivity index (χ1n) is 7.51. The summed E-state index contributed by atoms with van der Waals surface area (Å²) < 4.78 is 5.21. The highest BCUT2D eigenvalue weighted by atomic mass is 32.1. The van der Waals surface area contributed by atoms with Crippen molar-refractivity contribution < 1.29 is 14.4 Å². The van der Waals surface area contributed by atoms with Crippen molar-refractivity contribution in [2.45, 2.75) is 6.42 Å². The fourth-order valence-corrected chi connectivity index (χ4v) is 1.98. The van der Waals surface area contributed by atoms with E-state index in [1.54, 1.807) is 7.11 Å². The largest absolute Gasteiger partial charge is 0.495 e. The third-order valence-electron chi connectivity index (χ3n) is 3.00. The topological polar surface area (TPSA) is 78.9 Å². The van der Waals surface area contributed by atoms with Crippen LogP contribution in [0, 0.1) is 0 Å². The zero-order valence-corrected chi connectivity index (χ0v) is 14.7. The monoisotopic (exact) mass is 340 g/mol. The number of anilines is 1. The van der Waals surface area contributed by atoms with E-state index >= 15 is 0 Å². The molecule has 1 aromatic rings. The summed E-state index contributed by atoms with van der Waals surface area (Å²) in [6.45, 7) is 1.94. The highest BCUT2D eigenvalue weighted by Crippen LogP contribution is 2.22. The van der Waals surface area contributed by atoms with Crippen molar-refractivity contribution in [1.29, 1.82) is 0 Å². The van der Waals surface area contributed by atoms with Crippen molar-refractivity contribution in [2.24, 2.45) is 0 Å². The number of benzene rings is 1. The number of methoxy groups -OCH3 is 1. The molecule has 1 amide bonds. The standard InChI is InChI=1S/C15H25N5O2S/c1-20(2)10-6-9-16-15(23)19-18-14(21)11-17-12-7-4-5-8-13(12)22-3/h4-5,7-8,17H,6,9-11H2,1-3H3,(H,18,21)(H2,16,19,23)/p+1. The van der Waals surface area contributed by atoms with Gasteiger partial charge in [0.05, 0.1) is 40.0 Å². The summed E-state index contributed by atoms with van der Waals surface area (Å²) >= 11 is 5.08. The molecule has 23 heavy (non-hydrogen) atoms. The Hall–Kier alpha value is -2.06. The van der Waals surface area contributed by atoms with Crippen molar-refractivity contribution in [2.75, 3.05) is 46.2 Å². The molecule has 0 spiro atoms. The summed E-state index contributed by atoms with van der Waals surface area (Å²) in [5.41, 5.74) is 5.98. The zero-order chi connectivity index (χ0) is 17.1. The number of hydrogen-bond acceptors (Lipinski definition) is 4. The molecule has 0 atom stereocenters. The molecule has 0 heterocycles. The van der Waals surface area contributed by atoms with Gasteiger partial charge in [-0.3, -0.25) is 15.6 Å². The highest BCUT2D eigenvalue weighted by Gasteiger charge is 2.05. The minimum absolute atomic E-state index is 0.111. The van der Waals surface area contributed by atoms with Gasteiger partial charge in [-0.05, 0) is 24.4 Å². The van der Waals surface area contributed by atoms with Crippen LogP contribution in [0.5, 0.6) is 5.75 Å². The Labute approximate surface area is 142 Å². The number of ether oxygens (including phenoxy) is 1. The van der Waals surface area contributed by atoms with Crippen LogP contribution in [-0.2, 0) is 4.79 Å². The van der Waals surface area contributed by atoms with Gasteiger partial charge in [0.25, 0.3) is 5.91 Å². The van der Waals surface area contributed by atoms with Crippen molar-refractivity contribution in [1.82, 2.24) is 16.2 Å². The molecule has 0 aliphatic carbocycles. The first kappa shape index (κ1) is 19.0. The number of thiocarbonyl (C=S) groups is 1. The van der Waals surface area contributed by atoms with Crippen LogP contribution in [0.4, 0.5) is 5.69 Å². The molecule has 128 valence electrons. The van der Waals surface area contributed by atoms with Gasteiger partial charge in [-0.15, -0.1) is 0 Å². The summed E-state index contributed by atoms with van der Waals surface area (Å²) in [5.74, 6) is 0.464. The van der Waals surface area contributed by atoms with E-state index in [0.717, 1.165) is 25.2 Å². The van der Waals surface area contributed by atoms with E-state index in [-0.39, 0.29) is 12.5 Å². The van der Waals surface area contributed by atoms with E-state index in [2.05, 4.69) is 35.6 Å². The van der Waals surface area contributed by atoms with Crippen molar-refractivity contribution in [3.63, 3.8) is 0 Å². The summed E-state index contributed by atoms with van der Waals surface area (Å²) in [6, 6.07) is 7.41. The number of carbonyl (C=O) groups excluding carboxylic acids is 1. The fourth-order valence-electron chi connectivity index (χ4n) is 1.82. The molecule has 5 N–H and O–H groups in total. The Balaban J connectivity index is 2.20. The molecule has 1 rings (SSSR count). The van der Waals surface area contributed by atoms with Crippen molar-refractivity contribution in [3.8, 4) is 5.75 Å². The Morgan fingerprint density at radius 3 is 2.70 bits per heavy atom. The predicted octanol–water partition coefficient (Wildman–Crippen LogP) is -0.863. The Kier molecular flexibility index (Phi) is 8.78. The minimum atomic E-state index is -0.224. The Bertz CT molecular complexity index is 510. The van der Waals surface area contributed by atoms with E-state index in [1.807, 2.05) is 24.3 Å². The minimum Gasteiger partial charge on any atom is -0.495 e. The van der Waals surface area contributed by atoms with Gasteiger partial charge in [-0.2, -0.15) is 0 Å². The maximum Gasteiger partial charge on any atom is 0.257 e. The molecule has 0 radical (unpaired) electrons. The molecule has 0 aliphatic heterocycles. The molecule has 0 saturated heterocycles. The molecule has 0 aromatic heterocycles. The molecule has 0 saturated carbocycles.